The van der Waals surface area contributed by atoms with Gasteiger partial charge in [0.15, 0.2) is 16.4 Å². The van der Waals surface area contributed by atoms with Gasteiger partial charge in [-0.3, -0.25) is 4.79 Å². The van der Waals surface area contributed by atoms with Gasteiger partial charge in [0.2, 0.25) is 0 Å². The third-order valence-corrected chi connectivity index (χ3v) is 6.78. The van der Waals surface area contributed by atoms with Crippen molar-refractivity contribution in [1.82, 2.24) is 9.88 Å². The van der Waals surface area contributed by atoms with E-state index in [-0.39, 0.29) is 17.1 Å². The zero-order valence-corrected chi connectivity index (χ0v) is 16.7. The van der Waals surface area contributed by atoms with Crippen molar-refractivity contribution in [2.45, 2.75) is 45.2 Å². The molecule has 9 heteroatoms. The van der Waals surface area contributed by atoms with Crippen LogP contribution in [0.1, 0.15) is 42.3 Å². The number of carbonyl (C=O) groups is 2. The van der Waals surface area contributed by atoms with E-state index >= 15 is 0 Å². The first-order valence-corrected chi connectivity index (χ1v) is 11.0. The van der Waals surface area contributed by atoms with E-state index in [0.717, 1.165) is 29.8 Å². The molecule has 2 fully saturated rings. The van der Waals surface area contributed by atoms with Gasteiger partial charge in [-0.2, -0.15) is 5.26 Å². The van der Waals surface area contributed by atoms with Crippen LogP contribution in [0.4, 0.5) is 0 Å². The summed E-state index contributed by atoms with van der Waals surface area (Å²) in [6.45, 7) is 3.37. The lowest BCUT2D eigenvalue weighted by atomic mass is 10.1. The van der Waals surface area contributed by atoms with Crippen LogP contribution in [-0.4, -0.2) is 49.0 Å². The molecule has 28 heavy (non-hydrogen) atoms. The summed E-state index contributed by atoms with van der Waals surface area (Å²) in [5.74, 6) is -1.53. The molecule has 1 aliphatic carbocycles. The second kappa shape index (κ2) is 7.80. The van der Waals surface area contributed by atoms with Gasteiger partial charge in [0.05, 0.1) is 11.5 Å². The highest BCUT2D eigenvalue weighted by Gasteiger charge is 2.29. The number of rotatable bonds is 6. The monoisotopic (exact) mass is 405 g/mol. The average Bonchev–Trinajstić information content (AvgIpc) is 3.34. The number of amides is 1. The van der Waals surface area contributed by atoms with Crippen molar-refractivity contribution in [2.75, 3.05) is 18.1 Å². The van der Waals surface area contributed by atoms with Crippen LogP contribution in [0, 0.1) is 25.2 Å². The zero-order valence-electron chi connectivity index (χ0n) is 15.9. The van der Waals surface area contributed by atoms with E-state index in [2.05, 4.69) is 9.88 Å². The molecular weight excluding hydrogens is 382 g/mol. The Morgan fingerprint density at radius 3 is 2.64 bits per heavy atom. The highest BCUT2D eigenvalue weighted by Crippen LogP contribution is 2.38. The van der Waals surface area contributed by atoms with Crippen molar-refractivity contribution in [2.24, 2.45) is 0 Å². The predicted molar refractivity (Wildman–Crippen MR) is 102 cm³/mol. The van der Waals surface area contributed by atoms with Gasteiger partial charge in [-0.1, -0.05) is 0 Å². The van der Waals surface area contributed by atoms with Crippen molar-refractivity contribution in [3.63, 3.8) is 0 Å². The van der Waals surface area contributed by atoms with Crippen molar-refractivity contribution in [3.05, 3.63) is 28.6 Å². The standard InChI is InChI=1S/C19H23N3O5S/c1-12-7-14(13(2)22(12)17-3-4-17)8-15(9-20)19(24)27-10-18(23)21-16-5-6-28(25,26)11-16/h7-8,16-17H,3-6,10-11H2,1-2H3,(H,21,23)/b15-8+/t16-/m1/s1. The largest absolute Gasteiger partial charge is 0.451 e. The van der Waals surface area contributed by atoms with E-state index in [1.807, 2.05) is 26.0 Å². The lowest BCUT2D eigenvalue weighted by molar-refractivity contribution is -0.144. The molecule has 1 saturated carbocycles. The summed E-state index contributed by atoms with van der Waals surface area (Å²) in [6, 6.07) is 3.77. The Morgan fingerprint density at radius 2 is 2.07 bits per heavy atom. The molecule has 1 N–H and O–H groups in total. The quantitative estimate of drug-likeness (QED) is 0.431. The topological polar surface area (TPSA) is 118 Å². The number of aryl methyl sites for hydroxylation is 1. The van der Waals surface area contributed by atoms with E-state index in [1.54, 1.807) is 0 Å². The van der Waals surface area contributed by atoms with Crippen molar-refractivity contribution >= 4 is 27.8 Å². The number of hydrogen-bond acceptors (Lipinski definition) is 6. The third kappa shape index (κ3) is 4.62. The Kier molecular flexibility index (Phi) is 5.61. The summed E-state index contributed by atoms with van der Waals surface area (Å²) in [7, 11) is -3.11. The highest BCUT2D eigenvalue weighted by atomic mass is 32.2. The molecule has 0 radical (unpaired) electrons. The van der Waals surface area contributed by atoms with Crippen LogP contribution < -0.4 is 5.32 Å². The summed E-state index contributed by atoms with van der Waals surface area (Å²) in [4.78, 5) is 24.1. The Bertz CT molecular complexity index is 980. The number of carbonyl (C=O) groups excluding carboxylic acids is 2. The van der Waals surface area contributed by atoms with Crippen LogP contribution >= 0.6 is 0 Å². The molecule has 0 unspecified atom stereocenters. The number of nitrogens with one attached hydrogen (secondary N) is 1. The van der Waals surface area contributed by atoms with Crippen LogP contribution in [-0.2, 0) is 24.2 Å². The molecule has 1 aromatic rings. The number of nitrogens with zero attached hydrogens (tertiary/aromatic N) is 2. The second-order valence-corrected chi connectivity index (χ2v) is 9.57. The maximum absolute atomic E-state index is 12.2. The Labute approximate surface area is 164 Å². The molecule has 0 bridgehead atoms. The van der Waals surface area contributed by atoms with Crippen molar-refractivity contribution < 1.29 is 22.7 Å². The molecule has 3 rings (SSSR count). The number of esters is 1. The number of sulfone groups is 1. The Balaban J connectivity index is 1.59. The van der Waals surface area contributed by atoms with Gasteiger partial charge in [-0.05, 0) is 50.8 Å². The summed E-state index contributed by atoms with van der Waals surface area (Å²) < 4.78 is 29.9. The molecule has 2 heterocycles. The molecule has 8 nitrogen and oxygen atoms in total. The highest BCUT2D eigenvalue weighted by molar-refractivity contribution is 7.91. The number of hydrogen-bond donors (Lipinski definition) is 1. The zero-order chi connectivity index (χ0) is 20.5. The smallest absolute Gasteiger partial charge is 0.349 e. The van der Waals surface area contributed by atoms with E-state index in [0.29, 0.717) is 12.5 Å². The predicted octanol–water partition coefficient (Wildman–Crippen LogP) is 1.19. The third-order valence-electron chi connectivity index (χ3n) is 5.01. The fourth-order valence-corrected chi connectivity index (χ4v) is 5.20. The van der Waals surface area contributed by atoms with Crippen LogP contribution in [0.3, 0.4) is 0 Å². The fourth-order valence-electron chi connectivity index (χ4n) is 3.52. The summed E-state index contributed by atoms with van der Waals surface area (Å²) in [5, 5.41) is 11.8. The van der Waals surface area contributed by atoms with E-state index in [4.69, 9.17) is 4.74 Å². The van der Waals surface area contributed by atoms with Gasteiger partial charge in [0, 0.05) is 23.5 Å². The van der Waals surface area contributed by atoms with Gasteiger partial charge in [-0.25, -0.2) is 13.2 Å². The first-order valence-electron chi connectivity index (χ1n) is 9.17. The molecular formula is C19H23N3O5S. The minimum atomic E-state index is -3.11. The average molecular weight is 405 g/mol. The Morgan fingerprint density at radius 1 is 1.36 bits per heavy atom. The number of nitriles is 1. The second-order valence-electron chi connectivity index (χ2n) is 7.34. The van der Waals surface area contributed by atoms with Crippen LogP contribution in [0.15, 0.2) is 11.6 Å². The summed E-state index contributed by atoms with van der Waals surface area (Å²) in [5.41, 5.74) is 2.65. The maximum atomic E-state index is 12.2. The molecule has 1 aliphatic heterocycles. The van der Waals surface area contributed by atoms with Gasteiger partial charge >= 0.3 is 5.97 Å². The van der Waals surface area contributed by atoms with Crippen molar-refractivity contribution in [3.8, 4) is 6.07 Å². The van der Waals surface area contributed by atoms with Crippen LogP contribution in [0.2, 0.25) is 0 Å². The maximum Gasteiger partial charge on any atom is 0.349 e. The van der Waals surface area contributed by atoms with E-state index in [9.17, 15) is 23.3 Å². The summed E-state index contributed by atoms with van der Waals surface area (Å²) in [6.07, 6.45) is 4.08. The molecule has 1 atom stereocenters. The molecule has 1 saturated heterocycles. The normalized spacial score (nSPS) is 21.2. The van der Waals surface area contributed by atoms with Crippen LogP contribution in [0.25, 0.3) is 6.08 Å². The molecule has 150 valence electrons. The number of ether oxygens (including phenoxy) is 1. The molecule has 0 aromatic carbocycles. The molecule has 1 amide bonds. The minimum absolute atomic E-state index is 0.0400. The molecule has 0 spiro atoms. The summed E-state index contributed by atoms with van der Waals surface area (Å²) >= 11 is 0. The number of aromatic nitrogens is 1. The molecule has 2 aliphatic rings. The first-order chi connectivity index (χ1) is 13.2. The van der Waals surface area contributed by atoms with E-state index < -0.39 is 34.4 Å². The van der Waals surface area contributed by atoms with Gasteiger partial charge in [0.1, 0.15) is 11.6 Å². The SMILES string of the molecule is Cc1cc(/C=C(\C#N)C(=O)OCC(=O)N[C@@H]2CCS(=O)(=O)C2)c(C)n1C1CC1. The van der Waals surface area contributed by atoms with E-state index in [1.165, 1.54) is 6.08 Å². The fraction of sp³-hybridized carbons (Fsp3) is 0.526. The molecule has 1 aromatic heterocycles. The van der Waals surface area contributed by atoms with Gasteiger partial charge in [0.25, 0.3) is 5.91 Å². The first kappa shape index (κ1) is 20.1. The Hall–Kier alpha value is -2.60. The van der Waals surface area contributed by atoms with Crippen LogP contribution in [0.5, 0.6) is 0 Å². The van der Waals surface area contributed by atoms with Crippen molar-refractivity contribution in [1.29, 1.82) is 5.26 Å². The lowest BCUT2D eigenvalue weighted by Crippen LogP contribution is -2.38. The minimum Gasteiger partial charge on any atom is -0.451 e. The lowest BCUT2D eigenvalue weighted by Gasteiger charge is -2.10. The van der Waals surface area contributed by atoms with Gasteiger partial charge < -0.3 is 14.6 Å². The van der Waals surface area contributed by atoms with Gasteiger partial charge in [-0.15, -0.1) is 0 Å².